The van der Waals surface area contributed by atoms with Gasteiger partial charge in [0.25, 0.3) is 0 Å². The van der Waals surface area contributed by atoms with Crippen molar-refractivity contribution in [3.05, 3.63) is 28.2 Å². The first kappa shape index (κ1) is 13.9. The fourth-order valence-electron chi connectivity index (χ4n) is 1.20. The second kappa shape index (κ2) is 6.55. The fourth-order valence-corrected chi connectivity index (χ4v) is 2.84. The van der Waals surface area contributed by atoms with Crippen LogP contribution in [0.5, 0.6) is 5.75 Å². The summed E-state index contributed by atoms with van der Waals surface area (Å²) in [5.74, 6) is 2.67. The predicted molar refractivity (Wildman–Crippen MR) is 76.3 cm³/mol. The van der Waals surface area contributed by atoms with Crippen molar-refractivity contribution < 1.29 is 4.74 Å². The Morgan fingerprint density at radius 2 is 2.00 bits per heavy atom. The number of halogens is 1. The molecular formula is C13H19BrOS. The summed E-state index contributed by atoms with van der Waals surface area (Å²) in [6.45, 7) is 6.81. The van der Waals surface area contributed by atoms with Crippen LogP contribution in [0.15, 0.2) is 22.7 Å². The Bertz CT molecular complexity index is 339. The van der Waals surface area contributed by atoms with E-state index in [0.717, 1.165) is 21.9 Å². The Morgan fingerprint density at radius 3 is 2.56 bits per heavy atom. The van der Waals surface area contributed by atoms with Gasteiger partial charge in [-0.1, -0.05) is 36.7 Å². The van der Waals surface area contributed by atoms with E-state index in [9.17, 15) is 0 Å². The summed E-state index contributed by atoms with van der Waals surface area (Å²) in [5.41, 5.74) is 1.30. The van der Waals surface area contributed by atoms with Gasteiger partial charge in [0.05, 0.1) is 7.11 Å². The monoisotopic (exact) mass is 302 g/mol. The smallest absolute Gasteiger partial charge is 0.119 e. The molecule has 0 saturated heterocycles. The van der Waals surface area contributed by atoms with Gasteiger partial charge < -0.3 is 4.74 Å². The van der Waals surface area contributed by atoms with Crippen molar-refractivity contribution in [1.82, 2.24) is 0 Å². The molecule has 0 spiro atoms. The number of thioether (sulfide) groups is 1. The summed E-state index contributed by atoms with van der Waals surface area (Å²) < 4.78 is 6.40. The normalized spacial score (nSPS) is 12.9. The van der Waals surface area contributed by atoms with Gasteiger partial charge in [0.1, 0.15) is 5.75 Å². The third kappa shape index (κ3) is 4.02. The molecule has 1 unspecified atom stereocenters. The van der Waals surface area contributed by atoms with Gasteiger partial charge in [-0.2, -0.15) is 11.8 Å². The maximum Gasteiger partial charge on any atom is 0.119 e. The Hall–Kier alpha value is -0.150. The molecule has 1 aromatic rings. The van der Waals surface area contributed by atoms with Crippen molar-refractivity contribution in [2.45, 2.75) is 31.8 Å². The summed E-state index contributed by atoms with van der Waals surface area (Å²) >= 11 is 5.56. The minimum atomic E-state index is 0.679. The van der Waals surface area contributed by atoms with Gasteiger partial charge in [-0.25, -0.2) is 0 Å². The first-order chi connectivity index (χ1) is 7.54. The van der Waals surface area contributed by atoms with Crippen LogP contribution >= 0.6 is 27.7 Å². The van der Waals surface area contributed by atoms with Crippen molar-refractivity contribution in [2.24, 2.45) is 5.92 Å². The maximum absolute atomic E-state index is 5.23. The summed E-state index contributed by atoms with van der Waals surface area (Å²) in [5, 5.41) is 0.679. The van der Waals surface area contributed by atoms with E-state index >= 15 is 0 Å². The highest BCUT2D eigenvalue weighted by Gasteiger charge is 2.09. The largest absolute Gasteiger partial charge is 0.497 e. The molecule has 0 aliphatic rings. The quantitative estimate of drug-likeness (QED) is 0.777. The Balaban J connectivity index is 2.65. The molecule has 1 nitrogen and oxygen atoms in total. The van der Waals surface area contributed by atoms with Gasteiger partial charge in [0.2, 0.25) is 0 Å². The van der Waals surface area contributed by atoms with Gasteiger partial charge in [-0.05, 0) is 29.7 Å². The van der Waals surface area contributed by atoms with E-state index in [1.54, 1.807) is 7.11 Å². The molecule has 1 atom stereocenters. The van der Waals surface area contributed by atoms with E-state index in [1.165, 1.54) is 5.56 Å². The minimum Gasteiger partial charge on any atom is -0.497 e. The first-order valence-electron chi connectivity index (χ1n) is 5.48. The van der Waals surface area contributed by atoms with Crippen molar-refractivity contribution >= 4 is 27.7 Å². The van der Waals surface area contributed by atoms with Crippen LogP contribution in [0.1, 0.15) is 26.3 Å². The molecule has 0 bridgehead atoms. The topological polar surface area (TPSA) is 9.23 Å². The van der Waals surface area contributed by atoms with E-state index in [1.807, 2.05) is 17.8 Å². The molecule has 0 N–H and O–H groups in total. The van der Waals surface area contributed by atoms with Crippen LogP contribution in [0.4, 0.5) is 0 Å². The summed E-state index contributed by atoms with van der Waals surface area (Å²) in [4.78, 5) is 0. The van der Waals surface area contributed by atoms with Crippen LogP contribution < -0.4 is 4.74 Å². The van der Waals surface area contributed by atoms with Crippen LogP contribution in [0.25, 0.3) is 0 Å². The van der Waals surface area contributed by atoms with Crippen LogP contribution in [-0.2, 0) is 5.75 Å². The van der Waals surface area contributed by atoms with E-state index in [4.69, 9.17) is 4.74 Å². The van der Waals surface area contributed by atoms with Gasteiger partial charge >= 0.3 is 0 Å². The lowest BCUT2D eigenvalue weighted by Crippen LogP contribution is -2.05. The molecule has 1 aromatic carbocycles. The molecule has 0 aromatic heterocycles. The molecule has 90 valence electrons. The molecule has 0 heterocycles. The van der Waals surface area contributed by atoms with Gasteiger partial charge in [-0.3, -0.25) is 0 Å². The average Bonchev–Trinajstić information content (AvgIpc) is 2.27. The third-order valence-corrected chi connectivity index (χ3v) is 5.01. The van der Waals surface area contributed by atoms with E-state index in [-0.39, 0.29) is 0 Å². The molecule has 0 aliphatic carbocycles. The Labute approximate surface area is 111 Å². The Kier molecular flexibility index (Phi) is 5.70. The first-order valence-corrected chi connectivity index (χ1v) is 7.32. The van der Waals surface area contributed by atoms with Crippen LogP contribution in [0.3, 0.4) is 0 Å². The average molecular weight is 303 g/mol. The summed E-state index contributed by atoms with van der Waals surface area (Å²) in [7, 11) is 1.71. The van der Waals surface area contributed by atoms with Crippen molar-refractivity contribution in [3.63, 3.8) is 0 Å². The summed E-state index contributed by atoms with van der Waals surface area (Å²) in [6, 6.07) is 6.13. The van der Waals surface area contributed by atoms with Crippen molar-refractivity contribution in [3.8, 4) is 5.75 Å². The molecule has 0 aliphatic heterocycles. The minimum absolute atomic E-state index is 0.679. The molecule has 1 rings (SSSR count). The highest BCUT2D eigenvalue weighted by Crippen LogP contribution is 2.29. The summed E-state index contributed by atoms with van der Waals surface area (Å²) in [6.07, 6.45) is 0. The lowest BCUT2D eigenvalue weighted by Gasteiger charge is -2.15. The number of methoxy groups -OCH3 is 1. The van der Waals surface area contributed by atoms with Crippen LogP contribution in [0, 0.1) is 5.92 Å². The zero-order valence-electron chi connectivity index (χ0n) is 10.3. The second-order valence-corrected chi connectivity index (χ2v) is 6.44. The van der Waals surface area contributed by atoms with E-state index in [2.05, 4.69) is 48.8 Å². The Morgan fingerprint density at radius 1 is 1.31 bits per heavy atom. The molecule has 0 amide bonds. The van der Waals surface area contributed by atoms with Crippen LogP contribution in [-0.4, -0.2) is 12.4 Å². The molecule has 0 fully saturated rings. The number of hydrogen-bond acceptors (Lipinski definition) is 2. The van der Waals surface area contributed by atoms with E-state index < -0.39 is 0 Å². The maximum atomic E-state index is 5.23. The molecule has 16 heavy (non-hydrogen) atoms. The lowest BCUT2D eigenvalue weighted by atomic mass is 10.2. The molecule has 3 heteroatoms. The fraction of sp³-hybridized carbons (Fsp3) is 0.538. The van der Waals surface area contributed by atoms with Crippen molar-refractivity contribution in [1.29, 1.82) is 0 Å². The third-order valence-electron chi connectivity index (χ3n) is 2.69. The van der Waals surface area contributed by atoms with Gasteiger partial charge in [-0.15, -0.1) is 0 Å². The zero-order chi connectivity index (χ0) is 12.1. The van der Waals surface area contributed by atoms with E-state index in [0.29, 0.717) is 5.25 Å². The highest BCUT2D eigenvalue weighted by molar-refractivity contribution is 9.10. The number of rotatable bonds is 5. The van der Waals surface area contributed by atoms with Gasteiger partial charge in [0, 0.05) is 15.5 Å². The SMILES string of the molecule is COc1ccc(Br)c(CSC(C)C(C)C)c1. The molecular weight excluding hydrogens is 284 g/mol. The number of benzene rings is 1. The molecule has 0 radical (unpaired) electrons. The van der Waals surface area contributed by atoms with Crippen LogP contribution in [0.2, 0.25) is 0 Å². The molecule has 0 saturated carbocycles. The number of hydrogen-bond donors (Lipinski definition) is 0. The second-order valence-electron chi connectivity index (χ2n) is 4.22. The lowest BCUT2D eigenvalue weighted by molar-refractivity contribution is 0.414. The highest BCUT2D eigenvalue weighted by atomic mass is 79.9. The standard InChI is InChI=1S/C13H19BrOS/c1-9(2)10(3)16-8-11-7-12(15-4)5-6-13(11)14/h5-7,9-10H,8H2,1-4H3. The zero-order valence-corrected chi connectivity index (χ0v) is 12.7. The van der Waals surface area contributed by atoms with Crippen molar-refractivity contribution in [2.75, 3.05) is 7.11 Å². The van der Waals surface area contributed by atoms with Gasteiger partial charge in [0.15, 0.2) is 0 Å². The number of ether oxygens (including phenoxy) is 1. The predicted octanol–water partition coefficient (Wildman–Crippen LogP) is 4.74.